The van der Waals surface area contributed by atoms with Crippen molar-refractivity contribution in [3.63, 3.8) is 0 Å². The summed E-state index contributed by atoms with van der Waals surface area (Å²) in [4.78, 5) is 2.40. The van der Waals surface area contributed by atoms with Crippen LogP contribution >= 0.6 is 0 Å². The summed E-state index contributed by atoms with van der Waals surface area (Å²) in [5.74, 6) is 0. The Morgan fingerprint density at radius 1 is 1.25 bits per heavy atom. The zero-order chi connectivity index (χ0) is 12.0. The summed E-state index contributed by atoms with van der Waals surface area (Å²) in [6.07, 6.45) is 2.21. The topological polar surface area (TPSA) is 29.3 Å². The molecule has 2 unspecified atom stereocenters. The third kappa shape index (κ3) is 3.62. The Hall–Kier alpha value is -0.860. The van der Waals surface area contributed by atoms with Crippen LogP contribution in [0.5, 0.6) is 0 Å². The standard InChI is InChI=1S/C14H24N2/c1-4-12(2)16(3)14(11-15)10-13-8-6-5-7-9-13/h5-9,12,14H,4,10-11,15H2,1-3H3. The highest BCUT2D eigenvalue weighted by molar-refractivity contribution is 5.16. The maximum atomic E-state index is 5.87. The second kappa shape index (κ2) is 6.66. The molecule has 0 saturated heterocycles. The quantitative estimate of drug-likeness (QED) is 0.797. The van der Waals surface area contributed by atoms with Gasteiger partial charge in [-0.05, 0) is 32.4 Å². The van der Waals surface area contributed by atoms with E-state index in [1.807, 2.05) is 0 Å². The molecule has 0 aliphatic rings. The fourth-order valence-corrected chi connectivity index (χ4v) is 1.93. The van der Waals surface area contributed by atoms with Gasteiger partial charge in [-0.15, -0.1) is 0 Å². The summed E-state index contributed by atoms with van der Waals surface area (Å²) in [7, 11) is 2.18. The smallest absolute Gasteiger partial charge is 0.0258 e. The summed E-state index contributed by atoms with van der Waals surface area (Å²) < 4.78 is 0. The van der Waals surface area contributed by atoms with E-state index >= 15 is 0 Å². The highest BCUT2D eigenvalue weighted by Crippen LogP contribution is 2.11. The van der Waals surface area contributed by atoms with Crippen LogP contribution in [-0.4, -0.2) is 30.6 Å². The first kappa shape index (κ1) is 13.2. The van der Waals surface area contributed by atoms with Gasteiger partial charge in [0.15, 0.2) is 0 Å². The van der Waals surface area contributed by atoms with Crippen molar-refractivity contribution >= 4 is 0 Å². The molecule has 0 spiro atoms. The van der Waals surface area contributed by atoms with Crippen molar-refractivity contribution in [2.75, 3.05) is 13.6 Å². The number of hydrogen-bond donors (Lipinski definition) is 1. The maximum Gasteiger partial charge on any atom is 0.0258 e. The molecule has 0 fully saturated rings. The monoisotopic (exact) mass is 220 g/mol. The minimum atomic E-state index is 0.442. The summed E-state index contributed by atoms with van der Waals surface area (Å²) >= 11 is 0. The van der Waals surface area contributed by atoms with Gasteiger partial charge in [0.1, 0.15) is 0 Å². The molecule has 0 amide bonds. The van der Waals surface area contributed by atoms with Gasteiger partial charge in [-0.25, -0.2) is 0 Å². The first-order valence-corrected chi connectivity index (χ1v) is 6.15. The van der Waals surface area contributed by atoms with Crippen LogP contribution in [0.2, 0.25) is 0 Å². The van der Waals surface area contributed by atoms with E-state index in [1.165, 1.54) is 12.0 Å². The second-order valence-corrected chi connectivity index (χ2v) is 4.50. The Morgan fingerprint density at radius 3 is 2.38 bits per heavy atom. The van der Waals surface area contributed by atoms with Crippen LogP contribution in [0.4, 0.5) is 0 Å². The molecule has 16 heavy (non-hydrogen) atoms. The van der Waals surface area contributed by atoms with Gasteiger partial charge in [0.05, 0.1) is 0 Å². The first-order valence-electron chi connectivity index (χ1n) is 6.15. The minimum Gasteiger partial charge on any atom is -0.329 e. The molecule has 2 nitrogen and oxygen atoms in total. The highest BCUT2D eigenvalue weighted by atomic mass is 15.2. The van der Waals surface area contributed by atoms with Crippen LogP contribution < -0.4 is 5.73 Å². The normalized spacial score (nSPS) is 15.1. The van der Waals surface area contributed by atoms with Crippen LogP contribution in [0.25, 0.3) is 0 Å². The minimum absolute atomic E-state index is 0.442. The number of benzene rings is 1. The van der Waals surface area contributed by atoms with Crippen molar-refractivity contribution in [3.8, 4) is 0 Å². The molecule has 2 heteroatoms. The van der Waals surface area contributed by atoms with E-state index in [4.69, 9.17) is 5.73 Å². The average molecular weight is 220 g/mol. The lowest BCUT2D eigenvalue weighted by Crippen LogP contribution is -2.44. The summed E-state index contributed by atoms with van der Waals surface area (Å²) in [5, 5.41) is 0. The van der Waals surface area contributed by atoms with Gasteiger partial charge in [0.2, 0.25) is 0 Å². The van der Waals surface area contributed by atoms with Gasteiger partial charge >= 0.3 is 0 Å². The lowest BCUT2D eigenvalue weighted by atomic mass is 10.0. The molecular weight excluding hydrogens is 196 g/mol. The van der Waals surface area contributed by atoms with Crippen molar-refractivity contribution in [2.24, 2.45) is 5.73 Å². The fraction of sp³-hybridized carbons (Fsp3) is 0.571. The third-order valence-corrected chi connectivity index (χ3v) is 3.45. The molecule has 90 valence electrons. The first-order chi connectivity index (χ1) is 7.69. The molecule has 0 aromatic heterocycles. The molecular formula is C14H24N2. The predicted molar refractivity (Wildman–Crippen MR) is 70.5 cm³/mol. The van der Waals surface area contributed by atoms with Crippen LogP contribution in [0.3, 0.4) is 0 Å². The van der Waals surface area contributed by atoms with Crippen LogP contribution in [-0.2, 0) is 6.42 Å². The Morgan fingerprint density at radius 2 is 1.88 bits per heavy atom. The third-order valence-electron chi connectivity index (χ3n) is 3.45. The molecule has 2 atom stereocenters. The summed E-state index contributed by atoms with van der Waals surface area (Å²) in [6.45, 7) is 5.20. The lowest BCUT2D eigenvalue weighted by Gasteiger charge is -2.32. The van der Waals surface area contributed by atoms with E-state index in [2.05, 4.69) is 56.1 Å². The SMILES string of the molecule is CCC(C)N(C)C(CN)Cc1ccccc1. The number of nitrogens with zero attached hydrogens (tertiary/aromatic N) is 1. The van der Waals surface area contributed by atoms with Gasteiger partial charge in [-0.1, -0.05) is 37.3 Å². The number of likely N-dealkylation sites (N-methyl/N-ethyl adjacent to an activating group) is 1. The maximum absolute atomic E-state index is 5.87. The average Bonchev–Trinajstić information content (AvgIpc) is 2.35. The summed E-state index contributed by atoms with van der Waals surface area (Å²) in [5.41, 5.74) is 7.24. The molecule has 0 bridgehead atoms. The van der Waals surface area contributed by atoms with Gasteiger partial charge in [-0.3, -0.25) is 4.90 Å². The molecule has 0 heterocycles. The van der Waals surface area contributed by atoms with E-state index in [-0.39, 0.29) is 0 Å². The van der Waals surface area contributed by atoms with Crippen LogP contribution in [0.15, 0.2) is 30.3 Å². The zero-order valence-electron chi connectivity index (χ0n) is 10.7. The largest absolute Gasteiger partial charge is 0.329 e. The molecule has 0 radical (unpaired) electrons. The molecule has 1 aromatic rings. The molecule has 0 aliphatic heterocycles. The highest BCUT2D eigenvalue weighted by Gasteiger charge is 2.17. The zero-order valence-corrected chi connectivity index (χ0v) is 10.7. The van der Waals surface area contributed by atoms with Gasteiger partial charge in [0, 0.05) is 18.6 Å². The Labute approximate surface area is 99.5 Å². The van der Waals surface area contributed by atoms with Crippen molar-refractivity contribution in [2.45, 2.75) is 38.8 Å². The molecule has 1 rings (SSSR count). The molecule has 0 aliphatic carbocycles. The number of hydrogen-bond acceptors (Lipinski definition) is 2. The van der Waals surface area contributed by atoms with E-state index in [0.29, 0.717) is 12.1 Å². The van der Waals surface area contributed by atoms with E-state index in [0.717, 1.165) is 13.0 Å². The van der Waals surface area contributed by atoms with Crippen molar-refractivity contribution in [1.29, 1.82) is 0 Å². The lowest BCUT2D eigenvalue weighted by molar-refractivity contribution is 0.182. The van der Waals surface area contributed by atoms with Crippen molar-refractivity contribution < 1.29 is 0 Å². The van der Waals surface area contributed by atoms with Crippen LogP contribution in [0, 0.1) is 0 Å². The Balaban J connectivity index is 2.62. The second-order valence-electron chi connectivity index (χ2n) is 4.50. The van der Waals surface area contributed by atoms with Gasteiger partial charge in [0.25, 0.3) is 0 Å². The van der Waals surface area contributed by atoms with E-state index < -0.39 is 0 Å². The predicted octanol–water partition coefficient (Wildman–Crippen LogP) is 2.29. The number of nitrogens with two attached hydrogens (primary N) is 1. The van der Waals surface area contributed by atoms with Crippen LogP contribution in [0.1, 0.15) is 25.8 Å². The fourth-order valence-electron chi connectivity index (χ4n) is 1.93. The van der Waals surface area contributed by atoms with Crippen molar-refractivity contribution in [3.05, 3.63) is 35.9 Å². The Bertz CT molecular complexity index is 284. The van der Waals surface area contributed by atoms with Gasteiger partial charge < -0.3 is 5.73 Å². The number of rotatable bonds is 6. The molecule has 2 N–H and O–H groups in total. The van der Waals surface area contributed by atoms with Crippen molar-refractivity contribution in [1.82, 2.24) is 4.90 Å². The van der Waals surface area contributed by atoms with Gasteiger partial charge in [-0.2, -0.15) is 0 Å². The molecule has 1 aromatic carbocycles. The van der Waals surface area contributed by atoms with E-state index in [9.17, 15) is 0 Å². The summed E-state index contributed by atoms with van der Waals surface area (Å²) in [6, 6.07) is 11.6. The Kier molecular flexibility index (Phi) is 5.50. The van der Waals surface area contributed by atoms with E-state index in [1.54, 1.807) is 0 Å². The molecule has 0 saturated carbocycles.